The highest BCUT2D eigenvalue weighted by Gasteiger charge is 2.23. The quantitative estimate of drug-likeness (QED) is 0.185. The first-order chi connectivity index (χ1) is 20.8. The van der Waals surface area contributed by atoms with Crippen LogP contribution in [-0.4, -0.2) is 41.0 Å². The molecule has 3 N–H and O–H groups in total. The predicted octanol–water partition coefficient (Wildman–Crippen LogP) is 7.67. The maximum Gasteiger partial charge on any atom is 0.162 e. The van der Waals surface area contributed by atoms with Crippen molar-refractivity contribution in [3.63, 3.8) is 0 Å². The minimum atomic E-state index is -0.569. The van der Waals surface area contributed by atoms with Crippen molar-refractivity contribution in [2.75, 3.05) is 14.2 Å². The van der Waals surface area contributed by atoms with Gasteiger partial charge in [0.2, 0.25) is 0 Å². The molecule has 214 valence electrons. The summed E-state index contributed by atoms with van der Waals surface area (Å²) in [6.07, 6.45) is 1.77. The lowest BCUT2D eigenvalue weighted by atomic mass is 10.0. The summed E-state index contributed by atoms with van der Waals surface area (Å²) in [6, 6.07) is 24.1. The summed E-state index contributed by atoms with van der Waals surface area (Å²) in [5, 5.41) is 21.0. The zero-order chi connectivity index (χ0) is 30.1. The molecule has 0 radical (unpaired) electrons. The minimum absolute atomic E-state index is 0.228. The maximum atomic E-state index is 13.8. The van der Waals surface area contributed by atoms with Crippen LogP contribution in [0.1, 0.15) is 11.1 Å². The highest BCUT2D eigenvalue weighted by Crippen LogP contribution is 2.40. The molecule has 6 rings (SSSR count). The van der Waals surface area contributed by atoms with Crippen molar-refractivity contribution in [1.29, 1.82) is 0 Å². The van der Waals surface area contributed by atoms with E-state index in [0.29, 0.717) is 56.8 Å². The summed E-state index contributed by atoms with van der Waals surface area (Å²) in [4.78, 5) is 12.9. The van der Waals surface area contributed by atoms with Gasteiger partial charge in [-0.15, -0.1) is 0 Å². The summed E-state index contributed by atoms with van der Waals surface area (Å²) < 4.78 is 38.1. The summed E-state index contributed by atoms with van der Waals surface area (Å²) in [5.41, 5.74) is 4.58. The highest BCUT2D eigenvalue weighted by molar-refractivity contribution is 6.38. The smallest absolute Gasteiger partial charge is 0.162 e. The maximum absolute atomic E-state index is 13.8. The van der Waals surface area contributed by atoms with Crippen LogP contribution in [0.25, 0.3) is 28.0 Å². The SMILES string of the molecule is COc1ccc(C2=CC(c3ccc(F)cc3O)=NC2=Nc2[nH]c(-c3ccc(F)cc3O)cc2-c2ccc(OC)cc2)cc1. The van der Waals surface area contributed by atoms with Crippen LogP contribution in [-0.2, 0) is 0 Å². The number of benzene rings is 4. The molecular weight excluding hydrogens is 552 g/mol. The van der Waals surface area contributed by atoms with E-state index in [2.05, 4.69) is 4.98 Å². The third kappa shape index (κ3) is 5.48. The molecule has 43 heavy (non-hydrogen) atoms. The molecule has 1 aromatic heterocycles. The zero-order valence-corrected chi connectivity index (χ0v) is 23.1. The topological polar surface area (TPSA) is 99.4 Å². The highest BCUT2D eigenvalue weighted by atomic mass is 19.1. The van der Waals surface area contributed by atoms with E-state index in [9.17, 15) is 19.0 Å². The van der Waals surface area contributed by atoms with Gasteiger partial charge in [-0.05, 0) is 71.8 Å². The average Bonchev–Trinajstić information content (AvgIpc) is 3.62. The molecule has 1 aliphatic rings. The van der Waals surface area contributed by atoms with Gasteiger partial charge in [0.15, 0.2) is 5.84 Å². The second kappa shape index (κ2) is 11.3. The van der Waals surface area contributed by atoms with Crippen molar-refractivity contribution in [3.05, 3.63) is 120 Å². The van der Waals surface area contributed by atoms with Crippen molar-refractivity contribution < 1.29 is 28.5 Å². The molecule has 0 atom stereocenters. The van der Waals surface area contributed by atoms with E-state index in [4.69, 9.17) is 19.5 Å². The van der Waals surface area contributed by atoms with Crippen LogP contribution in [0.15, 0.2) is 107 Å². The number of aromatic nitrogens is 1. The summed E-state index contributed by atoms with van der Waals surface area (Å²) in [7, 11) is 3.16. The Morgan fingerprint density at radius 3 is 1.79 bits per heavy atom. The lowest BCUT2D eigenvalue weighted by Crippen LogP contribution is -1.96. The molecule has 7 nitrogen and oxygen atoms in total. The molecule has 1 aliphatic heterocycles. The number of hydrogen-bond donors (Lipinski definition) is 3. The first kappa shape index (κ1) is 27.5. The van der Waals surface area contributed by atoms with Crippen LogP contribution in [0.5, 0.6) is 23.0 Å². The molecule has 4 aromatic carbocycles. The third-order valence-electron chi connectivity index (χ3n) is 7.05. The number of phenolic OH excluding ortho intramolecular Hbond substituents is 2. The van der Waals surface area contributed by atoms with Crippen molar-refractivity contribution in [2.45, 2.75) is 0 Å². The molecule has 0 fully saturated rings. The van der Waals surface area contributed by atoms with Gasteiger partial charge < -0.3 is 24.7 Å². The third-order valence-corrected chi connectivity index (χ3v) is 7.05. The van der Waals surface area contributed by atoms with E-state index in [1.54, 1.807) is 20.3 Å². The van der Waals surface area contributed by atoms with Crippen LogP contribution in [0, 0.1) is 11.6 Å². The molecular formula is C34H25F2N3O4. The molecule has 0 spiro atoms. The Morgan fingerprint density at radius 2 is 1.23 bits per heavy atom. The van der Waals surface area contributed by atoms with Gasteiger partial charge in [0, 0.05) is 34.4 Å². The van der Waals surface area contributed by atoms with Gasteiger partial charge in [-0.3, -0.25) is 0 Å². The largest absolute Gasteiger partial charge is 0.507 e. The fourth-order valence-electron chi connectivity index (χ4n) is 4.84. The monoisotopic (exact) mass is 577 g/mol. The standard InChI is InChI=1S/C34H25F2N3O4/c1-42-23-9-3-19(4-10-23)27-17-29(25-13-7-21(35)15-31(25)40)37-33(27)39-34-28(20-5-11-24(43-2)12-6-20)18-30(38-34)26-14-8-22(36)16-32(26)41/h3-18,37,40-41H,1-2H3. The Balaban J connectivity index is 1.53. The molecule has 0 unspecified atom stereocenters. The lowest BCUT2D eigenvalue weighted by molar-refractivity contribution is 0.414. The summed E-state index contributed by atoms with van der Waals surface area (Å²) in [6.45, 7) is 0. The van der Waals surface area contributed by atoms with Crippen LogP contribution < -0.4 is 9.47 Å². The molecule has 0 saturated carbocycles. The van der Waals surface area contributed by atoms with Crippen molar-refractivity contribution >= 4 is 22.9 Å². The number of phenols is 2. The number of aliphatic imine (C=N–C) groups is 2. The van der Waals surface area contributed by atoms with Gasteiger partial charge >= 0.3 is 0 Å². The van der Waals surface area contributed by atoms with E-state index in [1.807, 2.05) is 54.6 Å². The summed E-state index contributed by atoms with van der Waals surface area (Å²) in [5.74, 6) is 0.495. The normalized spacial score (nSPS) is 13.6. The fraction of sp³-hybridized carbons (Fsp3) is 0.0588. The number of aromatic hydroxyl groups is 2. The van der Waals surface area contributed by atoms with Crippen LogP contribution >= 0.6 is 0 Å². The van der Waals surface area contributed by atoms with E-state index >= 15 is 0 Å². The van der Waals surface area contributed by atoms with Crippen molar-refractivity contribution in [2.24, 2.45) is 9.98 Å². The van der Waals surface area contributed by atoms with Crippen LogP contribution in [0.2, 0.25) is 0 Å². The van der Waals surface area contributed by atoms with Crippen LogP contribution in [0.3, 0.4) is 0 Å². The zero-order valence-electron chi connectivity index (χ0n) is 23.1. The number of nitrogens with one attached hydrogen (secondary N) is 1. The minimum Gasteiger partial charge on any atom is -0.507 e. The second-order valence-corrected chi connectivity index (χ2v) is 9.72. The number of allylic oxidation sites excluding steroid dienone is 1. The molecule has 5 aromatic rings. The van der Waals surface area contributed by atoms with Gasteiger partial charge in [0.25, 0.3) is 0 Å². The number of halogens is 2. The Kier molecular flexibility index (Phi) is 7.21. The van der Waals surface area contributed by atoms with Gasteiger partial charge in [0.1, 0.15) is 40.5 Å². The molecule has 9 heteroatoms. The van der Waals surface area contributed by atoms with E-state index in [1.165, 1.54) is 24.3 Å². The summed E-state index contributed by atoms with van der Waals surface area (Å²) >= 11 is 0. The number of aromatic amines is 1. The Hall–Kier alpha value is -5.70. The Labute approximate surface area is 245 Å². The number of rotatable bonds is 7. The lowest BCUT2D eigenvalue weighted by Gasteiger charge is -2.06. The Bertz CT molecular complexity index is 1920. The number of amidine groups is 1. The first-order valence-corrected chi connectivity index (χ1v) is 13.2. The van der Waals surface area contributed by atoms with Crippen molar-refractivity contribution in [1.82, 2.24) is 4.98 Å². The molecule has 0 saturated heterocycles. The van der Waals surface area contributed by atoms with Crippen LogP contribution in [0.4, 0.5) is 14.6 Å². The van der Waals surface area contributed by atoms with E-state index in [0.717, 1.165) is 23.3 Å². The fourth-order valence-corrected chi connectivity index (χ4v) is 4.84. The van der Waals surface area contributed by atoms with Gasteiger partial charge in [0.05, 0.1) is 25.6 Å². The number of methoxy groups -OCH3 is 2. The molecule has 0 aliphatic carbocycles. The molecule has 0 bridgehead atoms. The van der Waals surface area contributed by atoms with Crippen molar-refractivity contribution in [3.8, 4) is 45.4 Å². The number of nitrogens with zero attached hydrogens (tertiary/aromatic N) is 2. The average molecular weight is 578 g/mol. The van der Waals surface area contributed by atoms with Gasteiger partial charge in [-0.25, -0.2) is 18.8 Å². The second-order valence-electron chi connectivity index (χ2n) is 9.72. The number of H-pyrrole nitrogens is 1. The Morgan fingerprint density at radius 1 is 0.674 bits per heavy atom. The van der Waals surface area contributed by atoms with E-state index < -0.39 is 11.6 Å². The number of ether oxygens (including phenoxy) is 2. The first-order valence-electron chi connectivity index (χ1n) is 13.2. The molecule has 2 heterocycles. The van der Waals surface area contributed by atoms with E-state index in [-0.39, 0.29) is 11.5 Å². The number of hydrogen-bond acceptors (Lipinski definition) is 5. The van der Waals surface area contributed by atoms with Gasteiger partial charge in [-0.1, -0.05) is 24.3 Å². The predicted molar refractivity (Wildman–Crippen MR) is 163 cm³/mol. The molecule has 0 amide bonds. The van der Waals surface area contributed by atoms with Gasteiger partial charge in [-0.2, -0.15) is 0 Å².